The topological polar surface area (TPSA) is 60.8 Å². The first-order chi connectivity index (χ1) is 7.22. The monoisotopic (exact) mass is 233 g/mol. The van der Waals surface area contributed by atoms with Crippen LogP contribution >= 0.6 is 11.8 Å². The Morgan fingerprint density at radius 2 is 2.33 bits per heavy atom. The lowest BCUT2D eigenvalue weighted by Gasteiger charge is -2.26. The molecule has 88 valence electrons. The van der Waals surface area contributed by atoms with Crippen LogP contribution in [-0.4, -0.2) is 58.8 Å². The van der Waals surface area contributed by atoms with Crippen molar-refractivity contribution in [2.45, 2.75) is 18.9 Å². The Labute approximate surface area is 94.7 Å². The van der Waals surface area contributed by atoms with Crippen LogP contribution in [-0.2, 0) is 4.79 Å². The van der Waals surface area contributed by atoms with Crippen molar-refractivity contribution in [2.75, 3.05) is 31.8 Å². The Morgan fingerprint density at radius 3 is 2.80 bits per heavy atom. The Bertz CT molecular complexity index is 213. The minimum atomic E-state index is -0.0681. The zero-order chi connectivity index (χ0) is 11.3. The van der Waals surface area contributed by atoms with Gasteiger partial charge in [-0.2, -0.15) is 11.8 Å². The molecule has 0 aromatic heterocycles. The maximum absolute atomic E-state index is 11.6. The number of aliphatic hydroxyl groups is 2. The average molecular weight is 233 g/mol. The van der Waals surface area contributed by atoms with Crippen molar-refractivity contribution in [1.29, 1.82) is 0 Å². The predicted molar refractivity (Wildman–Crippen MR) is 60.8 cm³/mol. The summed E-state index contributed by atoms with van der Waals surface area (Å²) in [5.74, 6) is 1.06. The molecule has 1 aliphatic heterocycles. The normalized spacial score (nSPS) is 23.5. The molecule has 0 aliphatic carbocycles. The number of carbonyl (C=O) groups is 1. The molecule has 5 heteroatoms. The highest BCUT2D eigenvalue weighted by Gasteiger charge is 2.33. The average Bonchev–Trinajstić information content (AvgIpc) is 2.61. The molecule has 0 saturated carbocycles. The molecule has 15 heavy (non-hydrogen) atoms. The molecule has 1 saturated heterocycles. The number of aliphatic hydroxyl groups excluding tert-OH is 2. The van der Waals surface area contributed by atoms with Gasteiger partial charge in [0.2, 0.25) is 5.91 Å². The molecule has 0 radical (unpaired) electrons. The lowest BCUT2D eigenvalue weighted by atomic mass is 10.1. The molecule has 1 rings (SSSR count). The summed E-state index contributed by atoms with van der Waals surface area (Å²) in [6, 6.07) is -0.0681. The van der Waals surface area contributed by atoms with Crippen LogP contribution in [0.4, 0.5) is 0 Å². The van der Waals surface area contributed by atoms with Gasteiger partial charge in [-0.05, 0) is 18.4 Å². The van der Waals surface area contributed by atoms with Crippen molar-refractivity contribution in [3.05, 3.63) is 0 Å². The zero-order valence-electron chi connectivity index (χ0n) is 9.06. The van der Waals surface area contributed by atoms with Crippen molar-refractivity contribution in [3.63, 3.8) is 0 Å². The number of nitrogens with zero attached hydrogens (tertiary/aromatic N) is 1. The maximum atomic E-state index is 11.6. The minimum absolute atomic E-state index is 0.0183. The third-order valence-corrected chi connectivity index (χ3v) is 3.45. The van der Waals surface area contributed by atoms with Gasteiger partial charge < -0.3 is 15.1 Å². The van der Waals surface area contributed by atoms with E-state index in [-0.39, 0.29) is 31.1 Å². The third-order valence-electron chi connectivity index (χ3n) is 2.80. The molecule has 1 aliphatic rings. The van der Waals surface area contributed by atoms with E-state index in [0.29, 0.717) is 13.0 Å². The molecule has 0 aromatic carbocycles. The number of thioether (sulfide) groups is 1. The summed E-state index contributed by atoms with van der Waals surface area (Å²) in [5.41, 5.74) is 0. The van der Waals surface area contributed by atoms with E-state index < -0.39 is 0 Å². The largest absolute Gasteiger partial charge is 0.396 e. The highest BCUT2D eigenvalue weighted by Crippen LogP contribution is 2.21. The lowest BCUT2D eigenvalue weighted by molar-refractivity contribution is -0.130. The second kappa shape index (κ2) is 6.35. The van der Waals surface area contributed by atoms with Gasteiger partial charge in [0.05, 0.1) is 12.6 Å². The van der Waals surface area contributed by atoms with Gasteiger partial charge in [0, 0.05) is 25.5 Å². The quantitative estimate of drug-likeness (QED) is 0.675. The smallest absolute Gasteiger partial charge is 0.223 e. The van der Waals surface area contributed by atoms with E-state index in [4.69, 9.17) is 5.11 Å². The minimum Gasteiger partial charge on any atom is -0.396 e. The molecule has 0 spiro atoms. The van der Waals surface area contributed by atoms with Crippen LogP contribution < -0.4 is 0 Å². The predicted octanol–water partition coefficient (Wildman–Crippen LogP) is -0.0588. The van der Waals surface area contributed by atoms with E-state index >= 15 is 0 Å². The van der Waals surface area contributed by atoms with Crippen LogP contribution in [0.3, 0.4) is 0 Å². The summed E-state index contributed by atoms with van der Waals surface area (Å²) >= 11 is 1.71. The Hall–Kier alpha value is -0.260. The zero-order valence-corrected chi connectivity index (χ0v) is 9.87. The molecule has 1 amide bonds. The van der Waals surface area contributed by atoms with E-state index in [1.165, 1.54) is 0 Å². The van der Waals surface area contributed by atoms with Crippen LogP contribution in [0.2, 0.25) is 0 Å². The molecule has 2 atom stereocenters. The van der Waals surface area contributed by atoms with Crippen LogP contribution in [0.15, 0.2) is 0 Å². The second-order valence-electron chi connectivity index (χ2n) is 3.92. The van der Waals surface area contributed by atoms with Crippen molar-refractivity contribution in [2.24, 2.45) is 5.92 Å². The summed E-state index contributed by atoms with van der Waals surface area (Å²) in [7, 11) is 0. The van der Waals surface area contributed by atoms with Gasteiger partial charge in [0.1, 0.15) is 0 Å². The van der Waals surface area contributed by atoms with E-state index in [2.05, 4.69) is 0 Å². The van der Waals surface area contributed by atoms with Gasteiger partial charge in [0.15, 0.2) is 0 Å². The van der Waals surface area contributed by atoms with Gasteiger partial charge in [-0.3, -0.25) is 4.79 Å². The first-order valence-corrected chi connectivity index (χ1v) is 6.62. The molecule has 2 unspecified atom stereocenters. The second-order valence-corrected chi connectivity index (χ2v) is 4.90. The molecule has 0 aromatic rings. The van der Waals surface area contributed by atoms with Crippen molar-refractivity contribution in [3.8, 4) is 0 Å². The fourth-order valence-electron chi connectivity index (χ4n) is 1.88. The van der Waals surface area contributed by atoms with Crippen LogP contribution in [0.1, 0.15) is 12.8 Å². The number of carbonyl (C=O) groups excluding carboxylic acids is 1. The van der Waals surface area contributed by atoms with E-state index in [1.807, 2.05) is 6.26 Å². The highest BCUT2D eigenvalue weighted by atomic mass is 32.2. The van der Waals surface area contributed by atoms with E-state index in [1.54, 1.807) is 16.7 Å². The van der Waals surface area contributed by atoms with Crippen molar-refractivity contribution < 1.29 is 15.0 Å². The first kappa shape index (κ1) is 12.8. The van der Waals surface area contributed by atoms with Gasteiger partial charge in [-0.1, -0.05) is 0 Å². The number of rotatable bonds is 6. The molecule has 1 fully saturated rings. The molecular weight excluding hydrogens is 214 g/mol. The maximum Gasteiger partial charge on any atom is 0.223 e. The van der Waals surface area contributed by atoms with Gasteiger partial charge in [-0.25, -0.2) is 0 Å². The molecular formula is C10H19NO3S. The molecule has 0 bridgehead atoms. The first-order valence-electron chi connectivity index (χ1n) is 5.23. The Morgan fingerprint density at radius 1 is 1.60 bits per heavy atom. The van der Waals surface area contributed by atoms with Gasteiger partial charge >= 0.3 is 0 Å². The Balaban J connectivity index is 2.49. The third kappa shape index (κ3) is 3.36. The fraction of sp³-hybridized carbons (Fsp3) is 0.900. The number of hydrogen-bond acceptors (Lipinski definition) is 4. The van der Waals surface area contributed by atoms with Crippen LogP contribution in [0, 0.1) is 5.92 Å². The lowest BCUT2D eigenvalue weighted by Crippen LogP contribution is -2.39. The number of amides is 1. The van der Waals surface area contributed by atoms with Crippen molar-refractivity contribution in [1.82, 2.24) is 4.90 Å². The highest BCUT2D eigenvalue weighted by molar-refractivity contribution is 7.98. The summed E-state index contributed by atoms with van der Waals surface area (Å²) in [6.45, 7) is 0.669. The number of hydrogen-bond donors (Lipinski definition) is 2. The van der Waals surface area contributed by atoms with Crippen molar-refractivity contribution >= 4 is 17.7 Å². The number of likely N-dealkylation sites (tertiary alicyclic amines) is 1. The van der Waals surface area contributed by atoms with Gasteiger partial charge in [-0.15, -0.1) is 0 Å². The summed E-state index contributed by atoms with van der Waals surface area (Å²) in [4.78, 5) is 13.3. The van der Waals surface area contributed by atoms with Crippen LogP contribution in [0.5, 0.6) is 0 Å². The van der Waals surface area contributed by atoms with E-state index in [0.717, 1.165) is 12.2 Å². The summed E-state index contributed by atoms with van der Waals surface area (Å²) in [6.07, 6.45) is 3.25. The molecule has 2 N–H and O–H groups in total. The summed E-state index contributed by atoms with van der Waals surface area (Å²) in [5, 5.41) is 18.2. The Kier molecular flexibility index (Phi) is 5.42. The van der Waals surface area contributed by atoms with E-state index in [9.17, 15) is 9.90 Å². The summed E-state index contributed by atoms with van der Waals surface area (Å²) < 4.78 is 0. The SMILES string of the molecule is CSCCC(CO)N1CC(CO)CC1=O. The van der Waals surface area contributed by atoms with Crippen LogP contribution in [0.25, 0.3) is 0 Å². The van der Waals surface area contributed by atoms with Gasteiger partial charge in [0.25, 0.3) is 0 Å². The fourth-order valence-corrected chi connectivity index (χ4v) is 2.39. The standard InChI is InChI=1S/C10H19NO3S/c1-15-3-2-9(7-13)11-5-8(6-12)4-10(11)14/h8-9,12-13H,2-7H2,1H3. The molecule has 4 nitrogen and oxygen atoms in total. The molecule has 1 heterocycles.